The number of halogens is 2. The van der Waals surface area contributed by atoms with Crippen LogP contribution in [0.25, 0.3) is 0 Å². The second-order valence-electron chi connectivity index (χ2n) is 5.61. The van der Waals surface area contributed by atoms with Crippen LogP contribution in [0.4, 0.5) is 20.2 Å². The summed E-state index contributed by atoms with van der Waals surface area (Å²) in [5, 5.41) is 2.56. The first-order valence-electron chi connectivity index (χ1n) is 8.24. The molecule has 0 aliphatic carbocycles. The molecule has 0 aromatic heterocycles. The van der Waals surface area contributed by atoms with Gasteiger partial charge in [-0.3, -0.25) is 14.3 Å². The zero-order chi connectivity index (χ0) is 20.7. The van der Waals surface area contributed by atoms with Crippen LogP contribution in [0.1, 0.15) is 19.8 Å². The summed E-state index contributed by atoms with van der Waals surface area (Å²) in [4.78, 5) is 22.6. The van der Waals surface area contributed by atoms with Crippen LogP contribution < -0.4 is 10.0 Å². The molecule has 0 aliphatic rings. The van der Waals surface area contributed by atoms with Crippen molar-refractivity contribution < 1.29 is 31.5 Å². The lowest BCUT2D eigenvalue weighted by Gasteiger charge is -2.10. The van der Waals surface area contributed by atoms with E-state index in [2.05, 4.69) is 10.0 Å². The molecule has 0 atom stereocenters. The minimum atomic E-state index is -4.11. The highest BCUT2D eigenvalue weighted by molar-refractivity contribution is 7.92. The van der Waals surface area contributed by atoms with Gasteiger partial charge >= 0.3 is 5.97 Å². The predicted molar refractivity (Wildman–Crippen MR) is 98.1 cm³/mol. The molecule has 0 unspecified atom stereocenters. The number of esters is 1. The summed E-state index contributed by atoms with van der Waals surface area (Å²) in [7, 11) is -4.11. The molecule has 0 radical (unpaired) electrons. The smallest absolute Gasteiger partial charge is 0.306 e. The van der Waals surface area contributed by atoms with Crippen molar-refractivity contribution in [3.63, 3.8) is 0 Å². The second-order valence-corrected chi connectivity index (χ2v) is 7.29. The molecule has 2 aromatic carbocycles. The molecule has 0 heterocycles. The van der Waals surface area contributed by atoms with Crippen LogP contribution in [-0.2, 0) is 24.3 Å². The van der Waals surface area contributed by atoms with Crippen molar-refractivity contribution in [1.82, 2.24) is 0 Å². The summed E-state index contributed by atoms with van der Waals surface area (Å²) in [6, 6.07) is 7.92. The van der Waals surface area contributed by atoms with Crippen molar-refractivity contribution in [3.8, 4) is 0 Å². The van der Waals surface area contributed by atoms with E-state index in [0.717, 1.165) is 12.1 Å². The number of hydrogen-bond donors (Lipinski definition) is 2. The number of amides is 1. The van der Waals surface area contributed by atoms with Crippen LogP contribution in [0.5, 0.6) is 0 Å². The van der Waals surface area contributed by atoms with Crippen LogP contribution in [0.15, 0.2) is 47.4 Å². The predicted octanol–water partition coefficient (Wildman–Crippen LogP) is 3.05. The maximum absolute atomic E-state index is 13.2. The molecule has 1 amide bonds. The third-order valence-corrected chi connectivity index (χ3v) is 4.86. The van der Waals surface area contributed by atoms with E-state index in [9.17, 15) is 26.8 Å². The molecular formula is C18H18F2N2O5S. The Morgan fingerprint density at radius 2 is 1.61 bits per heavy atom. The summed E-state index contributed by atoms with van der Waals surface area (Å²) in [5.74, 6) is -3.30. The Morgan fingerprint density at radius 1 is 0.964 bits per heavy atom. The minimum absolute atomic E-state index is 0.0498. The van der Waals surface area contributed by atoms with Gasteiger partial charge in [0.25, 0.3) is 10.0 Å². The molecule has 150 valence electrons. The van der Waals surface area contributed by atoms with Gasteiger partial charge in [-0.1, -0.05) is 0 Å². The molecule has 0 spiro atoms. The van der Waals surface area contributed by atoms with Gasteiger partial charge in [0.15, 0.2) is 11.6 Å². The third-order valence-electron chi connectivity index (χ3n) is 3.48. The van der Waals surface area contributed by atoms with Gasteiger partial charge in [0, 0.05) is 17.8 Å². The van der Waals surface area contributed by atoms with Crippen LogP contribution in [0, 0.1) is 11.6 Å². The van der Waals surface area contributed by atoms with E-state index in [1.54, 1.807) is 6.92 Å². The van der Waals surface area contributed by atoms with Gasteiger partial charge in [-0.2, -0.15) is 0 Å². The number of carbonyl (C=O) groups is 2. The van der Waals surface area contributed by atoms with Gasteiger partial charge in [-0.25, -0.2) is 17.2 Å². The molecule has 0 aliphatic heterocycles. The molecular weight excluding hydrogens is 394 g/mol. The Kier molecular flexibility index (Phi) is 7.05. The maximum Gasteiger partial charge on any atom is 0.306 e. The fourth-order valence-electron chi connectivity index (χ4n) is 2.15. The first-order chi connectivity index (χ1) is 13.2. The van der Waals surface area contributed by atoms with Gasteiger partial charge in [-0.15, -0.1) is 0 Å². The number of carbonyl (C=O) groups excluding carboxylic acids is 2. The number of nitrogens with one attached hydrogen (secondary N) is 2. The Balaban J connectivity index is 1.97. The summed E-state index contributed by atoms with van der Waals surface area (Å²) >= 11 is 0. The van der Waals surface area contributed by atoms with Gasteiger partial charge in [0.2, 0.25) is 5.91 Å². The lowest BCUT2D eigenvalue weighted by Crippen LogP contribution is -2.15. The normalized spacial score (nSPS) is 11.0. The lowest BCUT2D eigenvalue weighted by molar-refractivity contribution is -0.144. The zero-order valence-corrected chi connectivity index (χ0v) is 15.7. The third kappa shape index (κ3) is 6.02. The molecule has 0 bridgehead atoms. The van der Waals surface area contributed by atoms with Crippen molar-refractivity contribution in [1.29, 1.82) is 0 Å². The number of benzene rings is 2. The Hall–Kier alpha value is -3.01. The Bertz CT molecular complexity index is 962. The van der Waals surface area contributed by atoms with Crippen molar-refractivity contribution in [2.45, 2.75) is 24.7 Å². The molecule has 2 rings (SSSR count). The van der Waals surface area contributed by atoms with E-state index in [1.807, 2.05) is 0 Å². The average Bonchev–Trinajstić information content (AvgIpc) is 2.64. The first-order valence-corrected chi connectivity index (χ1v) is 9.73. The van der Waals surface area contributed by atoms with Gasteiger partial charge in [0.05, 0.1) is 17.9 Å². The molecule has 0 fully saturated rings. The van der Waals surface area contributed by atoms with E-state index in [1.165, 1.54) is 24.3 Å². The topological polar surface area (TPSA) is 102 Å². The van der Waals surface area contributed by atoms with Gasteiger partial charge in [-0.05, 0) is 49.4 Å². The SMILES string of the molecule is CCOC(=O)CCC(=O)Nc1ccc(NS(=O)(=O)c2ccc(F)c(F)c2)cc1. The maximum atomic E-state index is 13.2. The highest BCUT2D eigenvalue weighted by atomic mass is 32.2. The lowest BCUT2D eigenvalue weighted by atomic mass is 10.2. The Labute approximate surface area is 160 Å². The van der Waals surface area contributed by atoms with E-state index in [4.69, 9.17) is 4.74 Å². The fourth-order valence-corrected chi connectivity index (χ4v) is 3.22. The monoisotopic (exact) mass is 412 g/mol. The Morgan fingerprint density at radius 3 is 2.21 bits per heavy atom. The van der Waals surface area contributed by atoms with Crippen molar-refractivity contribution in [3.05, 3.63) is 54.1 Å². The van der Waals surface area contributed by atoms with Crippen molar-refractivity contribution in [2.75, 3.05) is 16.6 Å². The van der Waals surface area contributed by atoms with Crippen LogP contribution in [0.3, 0.4) is 0 Å². The molecule has 7 nitrogen and oxygen atoms in total. The van der Waals surface area contributed by atoms with Crippen molar-refractivity contribution >= 4 is 33.3 Å². The fraction of sp³-hybridized carbons (Fsp3) is 0.222. The summed E-state index contributed by atoms with van der Waals surface area (Å²) < 4.78 is 57.6. The second kappa shape index (κ2) is 9.27. The van der Waals surface area contributed by atoms with E-state index in [-0.39, 0.29) is 25.1 Å². The first kappa shape index (κ1) is 21.3. The van der Waals surface area contributed by atoms with Gasteiger partial charge in [0.1, 0.15) is 0 Å². The number of ether oxygens (including phenoxy) is 1. The van der Waals surface area contributed by atoms with Crippen LogP contribution in [0.2, 0.25) is 0 Å². The molecule has 10 heteroatoms. The summed E-state index contributed by atoms with van der Waals surface area (Å²) in [6.45, 7) is 1.91. The molecule has 0 saturated heterocycles. The van der Waals surface area contributed by atoms with Crippen molar-refractivity contribution in [2.24, 2.45) is 0 Å². The van der Waals surface area contributed by atoms with E-state index >= 15 is 0 Å². The van der Waals surface area contributed by atoms with Crippen LogP contribution in [-0.4, -0.2) is 26.9 Å². The number of rotatable bonds is 8. The molecule has 28 heavy (non-hydrogen) atoms. The summed E-state index contributed by atoms with van der Waals surface area (Å²) in [6.07, 6.45) is -0.102. The highest BCUT2D eigenvalue weighted by Gasteiger charge is 2.17. The molecule has 2 N–H and O–H groups in total. The van der Waals surface area contributed by atoms with Gasteiger partial charge < -0.3 is 10.1 Å². The number of hydrogen-bond acceptors (Lipinski definition) is 5. The zero-order valence-electron chi connectivity index (χ0n) is 14.9. The average molecular weight is 412 g/mol. The van der Waals surface area contributed by atoms with E-state index in [0.29, 0.717) is 11.8 Å². The van der Waals surface area contributed by atoms with E-state index < -0.39 is 38.4 Å². The quantitative estimate of drug-likeness (QED) is 0.649. The minimum Gasteiger partial charge on any atom is -0.466 e. The largest absolute Gasteiger partial charge is 0.466 e. The standard InChI is InChI=1S/C18H18F2N2O5S/c1-2-27-18(24)10-9-17(23)21-12-3-5-13(6-4-12)22-28(25,26)14-7-8-15(19)16(20)11-14/h3-8,11,22H,2,9-10H2,1H3,(H,21,23). The number of sulfonamides is 1. The van der Waals surface area contributed by atoms with Crippen LogP contribution >= 0.6 is 0 Å². The molecule has 0 saturated carbocycles. The number of anilines is 2. The summed E-state index contributed by atoms with van der Waals surface area (Å²) in [5.41, 5.74) is 0.555. The molecule has 2 aromatic rings. The highest BCUT2D eigenvalue weighted by Crippen LogP contribution is 2.20.